The summed E-state index contributed by atoms with van der Waals surface area (Å²) in [6, 6.07) is 11.4. The summed E-state index contributed by atoms with van der Waals surface area (Å²) in [7, 11) is 0. The number of fused-ring (bicyclic) bond motifs is 1. The van der Waals surface area contributed by atoms with Crippen molar-refractivity contribution < 1.29 is 4.79 Å². The van der Waals surface area contributed by atoms with Crippen molar-refractivity contribution in [2.45, 2.75) is 26.4 Å². The van der Waals surface area contributed by atoms with Crippen molar-refractivity contribution in [3.8, 4) is 0 Å². The van der Waals surface area contributed by atoms with E-state index in [1.54, 1.807) is 10.7 Å². The second-order valence-corrected chi connectivity index (χ2v) is 7.54. The number of hydrogen-bond donors (Lipinski definition) is 2. The Balaban J connectivity index is 0.00000240. The zero-order chi connectivity index (χ0) is 19.7. The van der Waals surface area contributed by atoms with Crippen LogP contribution in [0.4, 0.5) is 5.69 Å². The fourth-order valence-electron chi connectivity index (χ4n) is 3.30. The Morgan fingerprint density at radius 1 is 1.24 bits per heavy atom. The predicted molar refractivity (Wildman–Crippen MR) is 117 cm³/mol. The van der Waals surface area contributed by atoms with Gasteiger partial charge in [0.25, 0.3) is 5.91 Å². The third-order valence-electron chi connectivity index (χ3n) is 4.90. The van der Waals surface area contributed by atoms with Crippen molar-refractivity contribution in [1.82, 2.24) is 20.3 Å². The maximum absolute atomic E-state index is 12.7. The van der Waals surface area contributed by atoms with Gasteiger partial charge in [-0.15, -0.1) is 17.5 Å². The van der Waals surface area contributed by atoms with E-state index in [2.05, 4.69) is 20.9 Å². The Morgan fingerprint density at radius 3 is 2.90 bits per heavy atom. The van der Waals surface area contributed by atoms with Crippen LogP contribution in [-0.2, 0) is 19.5 Å². The minimum absolute atomic E-state index is 0. The van der Waals surface area contributed by atoms with Crippen molar-refractivity contribution in [2.24, 2.45) is 0 Å². The van der Waals surface area contributed by atoms with Crippen LogP contribution in [0.25, 0.3) is 0 Å². The standard InChI is InChI=1S/C20H19Cl2N5O.ClH/c1-12-19(25-26-27(12)11-15-3-2-4-17(21)18(15)22)20(28)24-16-6-5-14-10-23-8-7-13(14)9-16;/h2-6,9,23H,7-8,10-11H2,1H3,(H,24,28);1H. The van der Waals surface area contributed by atoms with Gasteiger partial charge in [-0.25, -0.2) is 4.68 Å². The molecule has 6 nitrogen and oxygen atoms in total. The van der Waals surface area contributed by atoms with Crippen molar-refractivity contribution in [3.05, 3.63) is 74.5 Å². The second-order valence-electron chi connectivity index (χ2n) is 6.76. The number of amides is 1. The number of carbonyl (C=O) groups is 1. The summed E-state index contributed by atoms with van der Waals surface area (Å²) in [6.07, 6.45) is 0.953. The summed E-state index contributed by atoms with van der Waals surface area (Å²) in [6.45, 7) is 4.01. The maximum atomic E-state index is 12.7. The van der Waals surface area contributed by atoms with Gasteiger partial charge in [0.05, 0.1) is 22.3 Å². The van der Waals surface area contributed by atoms with Gasteiger partial charge in [0.1, 0.15) is 0 Å². The summed E-state index contributed by atoms with van der Waals surface area (Å²) in [5.41, 5.74) is 5.06. The topological polar surface area (TPSA) is 71.8 Å². The highest BCUT2D eigenvalue weighted by Gasteiger charge is 2.18. The average Bonchev–Trinajstić information content (AvgIpc) is 3.06. The first kappa shape index (κ1) is 21.6. The van der Waals surface area contributed by atoms with E-state index in [-0.39, 0.29) is 24.0 Å². The predicted octanol–water partition coefficient (Wildman–Crippen LogP) is 4.26. The van der Waals surface area contributed by atoms with Gasteiger partial charge in [-0.3, -0.25) is 4.79 Å². The highest BCUT2D eigenvalue weighted by atomic mass is 35.5. The molecule has 29 heavy (non-hydrogen) atoms. The molecule has 0 spiro atoms. The Kier molecular flexibility index (Phi) is 6.80. The number of nitrogens with one attached hydrogen (secondary N) is 2. The number of anilines is 1. The van der Waals surface area contributed by atoms with Crippen molar-refractivity contribution >= 4 is 47.2 Å². The van der Waals surface area contributed by atoms with E-state index in [1.807, 2.05) is 37.3 Å². The number of halogens is 3. The molecular formula is C20H20Cl3N5O. The molecule has 2 aromatic carbocycles. The number of aromatic nitrogens is 3. The Labute approximate surface area is 185 Å². The molecule has 0 atom stereocenters. The Bertz CT molecular complexity index is 1050. The molecule has 3 aromatic rings. The number of nitrogens with zero attached hydrogens (tertiary/aromatic N) is 3. The van der Waals surface area contributed by atoms with Crippen LogP contribution < -0.4 is 10.6 Å². The second kappa shape index (κ2) is 9.13. The monoisotopic (exact) mass is 451 g/mol. The lowest BCUT2D eigenvalue weighted by atomic mass is 10.0. The van der Waals surface area contributed by atoms with Crippen LogP contribution in [0.15, 0.2) is 36.4 Å². The summed E-state index contributed by atoms with van der Waals surface area (Å²) in [4.78, 5) is 12.7. The fourth-order valence-corrected chi connectivity index (χ4v) is 3.68. The normalized spacial score (nSPS) is 12.8. The zero-order valence-corrected chi connectivity index (χ0v) is 18.0. The minimum Gasteiger partial charge on any atom is -0.321 e. The molecule has 1 aliphatic rings. The lowest BCUT2D eigenvalue weighted by Crippen LogP contribution is -2.23. The number of hydrogen-bond acceptors (Lipinski definition) is 4. The van der Waals surface area contributed by atoms with Crippen LogP contribution in [0.1, 0.15) is 32.9 Å². The van der Waals surface area contributed by atoms with Crippen molar-refractivity contribution in [2.75, 3.05) is 11.9 Å². The largest absolute Gasteiger partial charge is 0.321 e. The van der Waals surface area contributed by atoms with Gasteiger partial charge in [0, 0.05) is 12.2 Å². The van der Waals surface area contributed by atoms with Crippen LogP contribution in [0.2, 0.25) is 10.0 Å². The molecule has 0 saturated heterocycles. The van der Waals surface area contributed by atoms with E-state index < -0.39 is 0 Å². The Morgan fingerprint density at radius 2 is 2.07 bits per heavy atom. The van der Waals surface area contributed by atoms with E-state index in [4.69, 9.17) is 23.2 Å². The van der Waals surface area contributed by atoms with Crippen LogP contribution in [0.3, 0.4) is 0 Å². The molecule has 152 valence electrons. The highest BCUT2D eigenvalue weighted by Crippen LogP contribution is 2.26. The summed E-state index contributed by atoms with van der Waals surface area (Å²) in [5.74, 6) is -0.283. The first-order valence-corrected chi connectivity index (χ1v) is 9.75. The minimum atomic E-state index is -0.283. The molecule has 2 heterocycles. The lowest BCUT2D eigenvalue weighted by molar-refractivity contribution is 0.102. The molecule has 0 fully saturated rings. The molecule has 9 heteroatoms. The molecule has 0 unspecified atom stereocenters. The van der Waals surface area contributed by atoms with Gasteiger partial charge in [-0.05, 0) is 54.8 Å². The molecule has 0 bridgehead atoms. The molecule has 2 N–H and O–H groups in total. The van der Waals surface area contributed by atoms with E-state index in [0.717, 1.165) is 30.8 Å². The van der Waals surface area contributed by atoms with Crippen LogP contribution in [0, 0.1) is 6.92 Å². The number of carbonyl (C=O) groups excluding carboxylic acids is 1. The molecule has 4 rings (SSSR count). The van der Waals surface area contributed by atoms with Gasteiger partial charge < -0.3 is 10.6 Å². The van der Waals surface area contributed by atoms with Crippen LogP contribution in [0.5, 0.6) is 0 Å². The first-order valence-electron chi connectivity index (χ1n) is 9.00. The molecule has 1 amide bonds. The summed E-state index contributed by atoms with van der Waals surface area (Å²) < 4.78 is 1.64. The van der Waals surface area contributed by atoms with Gasteiger partial charge in [0.2, 0.25) is 0 Å². The quantitative estimate of drug-likeness (QED) is 0.620. The molecule has 0 saturated carbocycles. The molecule has 0 radical (unpaired) electrons. The first-order chi connectivity index (χ1) is 13.5. The third-order valence-corrected chi connectivity index (χ3v) is 5.76. The van der Waals surface area contributed by atoms with Crippen molar-refractivity contribution in [1.29, 1.82) is 0 Å². The van der Waals surface area contributed by atoms with Gasteiger partial charge in [-0.2, -0.15) is 0 Å². The summed E-state index contributed by atoms with van der Waals surface area (Å²) in [5, 5.41) is 15.4. The fraction of sp³-hybridized carbons (Fsp3) is 0.250. The zero-order valence-electron chi connectivity index (χ0n) is 15.7. The van der Waals surface area contributed by atoms with Gasteiger partial charge >= 0.3 is 0 Å². The molecule has 1 aliphatic heterocycles. The summed E-state index contributed by atoms with van der Waals surface area (Å²) >= 11 is 12.3. The Hall–Kier alpha value is -2.12. The smallest absolute Gasteiger partial charge is 0.278 e. The van der Waals surface area contributed by atoms with Crippen LogP contribution in [-0.4, -0.2) is 27.4 Å². The van der Waals surface area contributed by atoms with Crippen molar-refractivity contribution in [3.63, 3.8) is 0 Å². The van der Waals surface area contributed by atoms with E-state index in [0.29, 0.717) is 22.3 Å². The van der Waals surface area contributed by atoms with Crippen LogP contribution >= 0.6 is 35.6 Å². The molecular weight excluding hydrogens is 433 g/mol. The molecule has 1 aromatic heterocycles. The maximum Gasteiger partial charge on any atom is 0.278 e. The third kappa shape index (κ3) is 4.56. The van der Waals surface area contributed by atoms with Gasteiger partial charge in [0.15, 0.2) is 5.69 Å². The number of benzene rings is 2. The number of rotatable bonds is 4. The lowest BCUT2D eigenvalue weighted by Gasteiger charge is -2.18. The average molecular weight is 453 g/mol. The SMILES string of the molecule is Cc1c(C(=O)Nc2ccc3c(c2)CCNC3)nnn1Cc1cccc(Cl)c1Cl.Cl. The highest BCUT2D eigenvalue weighted by molar-refractivity contribution is 6.42. The van der Waals surface area contributed by atoms with Gasteiger partial charge in [-0.1, -0.05) is 46.6 Å². The van der Waals surface area contributed by atoms with E-state index >= 15 is 0 Å². The van der Waals surface area contributed by atoms with E-state index in [9.17, 15) is 4.79 Å². The van der Waals surface area contributed by atoms with E-state index in [1.165, 1.54) is 11.1 Å². The molecule has 0 aliphatic carbocycles.